The van der Waals surface area contributed by atoms with Crippen molar-refractivity contribution in [3.05, 3.63) is 0 Å². The van der Waals surface area contributed by atoms with Gasteiger partial charge in [-0.1, -0.05) is 0 Å². The van der Waals surface area contributed by atoms with Crippen molar-refractivity contribution < 1.29 is 26.7 Å². The maximum Gasteiger partial charge on any atom is 0.406 e. The van der Waals surface area contributed by atoms with Gasteiger partial charge in [0.15, 0.2) is 5.92 Å². The summed E-state index contributed by atoms with van der Waals surface area (Å²) in [6.45, 7) is 0. The molecule has 0 saturated heterocycles. The Kier molecular flexibility index (Phi) is 2.77. The van der Waals surface area contributed by atoms with Crippen molar-refractivity contribution in [2.75, 3.05) is 0 Å². The minimum atomic E-state index is -5.26. The van der Waals surface area contributed by atoms with Gasteiger partial charge in [-0.3, -0.25) is 4.79 Å². The van der Waals surface area contributed by atoms with Crippen LogP contribution in [0.1, 0.15) is 0 Å². The molecule has 0 fully saturated rings. The highest BCUT2D eigenvalue weighted by Gasteiger charge is 2.49. The Morgan fingerprint density at radius 1 is 1.27 bits per heavy atom. The molecule has 0 heterocycles. The van der Waals surface area contributed by atoms with E-state index in [2.05, 4.69) is 5.73 Å². The average Bonchev–Trinajstić information content (AvgIpc) is 1.54. The van der Waals surface area contributed by atoms with Gasteiger partial charge in [0.05, 0.1) is 0 Å². The molecular weight excluding hydrogens is 173 g/mol. The average molecular weight is 177 g/mol. The van der Waals surface area contributed by atoms with Crippen molar-refractivity contribution in [2.24, 2.45) is 11.7 Å². The first kappa shape index (κ1) is 10.1. The highest BCUT2D eigenvalue weighted by molar-refractivity contribution is 5.77. The molecule has 0 radical (unpaired) electrons. The van der Waals surface area contributed by atoms with E-state index in [1.54, 1.807) is 0 Å². The van der Waals surface area contributed by atoms with E-state index in [0.717, 1.165) is 0 Å². The SMILES string of the molecule is NC(=O)C(C(F)F)C(F)(F)F. The van der Waals surface area contributed by atoms with Crippen molar-refractivity contribution >= 4 is 5.91 Å². The molecule has 0 aromatic heterocycles. The molecule has 0 bridgehead atoms. The van der Waals surface area contributed by atoms with E-state index in [1.807, 2.05) is 0 Å². The van der Waals surface area contributed by atoms with Crippen LogP contribution in [0.4, 0.5) is 22.0 Å². The molecule has 0 aromatic carbocycles. The Morgan fingerprint density at radius 3 is 1.64 bits per heavy atom. The minimum Gasteiger partial charge on any atom is -0.369 e. The van der Waals surface area contributed by atoms with E-state index >= 15 is 0 Å². The maximum atomic E-state index is 11.4. The van der Waals surface area contributed by atoms with Gasteiger partial charge in [-0.2, -0.15) is 13.2 Å². The lowest BCUT2D eigenvalue weighted by molar-refractivity contribution is -0.205. The summed E-state index contributed by atoms with van der Waals surface area (Å²) in [4.78, 5) is 9.81. The Hall–Kier alpha value is -0.880. The van der Waals surface area contributed by atoms with Gasteiger partial charge in [-0.15, -0.1) is 0 Å². The zero-order chi connectivity index (χ0) is 9.23. The third-order valence-corrected chi connectivity index (χ3v) is 0.911. The van der Waals surface area contributed by atoms with Crippen molar-refractivity contribution in [1.82, 2.24) is 0 Å². The summed E-state index contributed by atoms with van der Waals surface area (Å²) in [5.41, 5.74) is 4.08. The molecule has 0 aliphatic rings. The number of hydrogen-bond acceptors (Lipinski definition) is 1. The summed E-state index contributed by atoms with van der Waals surface area (Å²) in [5.74, 6) is -5.42. The van der Waals surface area contributed by atoms with Crippen LogP contribution in [-0.2, 0) is 4.79 Å². The summed E-state index contributed by atoms with van der Waals surface area (Å²) in [5, 5.41) is 0. The van der Waals surface area contributed by atoms with Gasteiger partial charge in [-0.25, -0.2) is 8.78 Å². The van der Waals surface area contributed by atoms with Crippen LogP contribution in [0, 0.1) is 5.92 Å². The fourth-order valence-electron chi connectivity index (χ4n) is 0.428. The summed E-state index contributed by atoms with van der Waals surface area (Å²) in [6, 6.07) is 0. The fourth-order valence-corrected chi connectivity index (χ4v) is 0.428. The van der Waals surface area contributed by atoms with Crippen LogP contribution in [0.3, 0.4) is 0 Å². The number of amides is 1. The van der Waals surface area contributed by atoms with Gasteiger partial charge < -0.3 is 5.73 Å². The maximum absolute atomic E-state index is 11.4. The van der Waals surface area contributed by atoms with E-state index in [9.17, 15) is 26.7 Å². The Bertz CT molecular complexity index is 153. The summed E-state index contributed by atoms with van der Waals surface area (Å²) in [7, 11) is 0. The Morgan fingerprint density at radius 2 is 1.64 bits per heavy atom. The molecule has 0 aliphatic carbocycles. The van der Waals surface area contributed by atoms with E-state index in [0.29, 0.717) is 0 Å². The number of nitrogens with two attached hydrogens (primary N) is 1. The van der Waals surface area contributed by atoms with Gasteiger partial charge >= 0.3 is 6.18 Å². The largest absolute Gasteiger partial charge is 0.406 e. The van der Waals surface area contributed by atoms with Crippen LogP contribution in [-0.4, -0.2) is 18.5 Å². The predicted molar refractivity (Wildman–Crippen MR) is 24.7 cm³/mol. The fraction of sp³-hybridized carbons (Fsp3) is 0.750. The molecule has 7 heteroatoms. The molecule has 2 N–H and O–H groups in total. The van der Waals surface area contributed by atoms with Gasteiger partial charge in [0.25, 0.3) is 6.43 Å². The number of alkyl halides is 5. The highest BCUT2D eigenvalue weighted by Crippen LogP contribution is 2.30. The second-order valence-electron chi connectivity index (χ2n) is 1.76. The van der Waals surface area contributed by atoms with E-state index in [1.165, 1.54) is 0 Å². The van der Waals surface area contributed by atoms with Gasteiger partial charge in [0.1, 0.15) is 0 Å². The number of halogens is 5. The lowest BCUT2D eigenvalue weighted by atomic mass is 10.1. The molecule has 0 aromatic rings. The van der Waals surface area contributed by atoms with Gasteiger partial charge in [0, 0.05) is 0 Å². The third kappa shape index (κ3) is 2.69. The number of hydrogen-bond donors (Lipinski definition) is 1. The zero-order valence-corrected chi connectivity index (χ0v) is 5.03. The summed E-state index contributed by atoms with van der Waals surface area (Å²) in [6.07, 6.45) is -9.06. The normalized spacial score (nSPS) is 15.1. The molecule has 0 spiro atoms. The Labute approximate surface area is 58.2 Å². The molecule has 0 aliphatic heterocycles. The van der Waals surface area contributed by atoms with Crippen LogP contribution in [0.2, 0.25) is 0 Å². The number of primary amides is 1. The summed E-state index contributed by atoms with van der Waals surface area (Å²) >= 11 is 0. The van der Waals surface area contributed by atoms with E-state index in [4.69, 9.17) is 0 Å². The number of carbonyl (C=O) groups excluding carboxylic acids is 1. The number of carbonyl (C=O) groups is 1. The second kappa shape index (κ2) is 3.02. The third-order valence-electron chi connectivity index (χ3n) is 0.911. The van der Waals surface area contributed by atoms with Crippen LogP contribution in [0.15, 0.2) is 0 Å². The lowest BCUT2D eigenvalue weighted by Crippen LogP contribution is -2.40. The van der Waals surface area contributed by atoms with E-state index in [-0.39, 0.29) is 0 Å². The molecule has 0 saturated carbocycles. The van der Waals surface area contributed by atoms with Crippen LogP contribution in [0.5, 0.6) is 0 Å². The van der Waals surface area contributed by atoms with Crippen molar-refractivity contribution in [2.45, 2.75) is 12.6 Å². The number of rotatable bonds is 2. The smallest absolute Gasteiger partial charge is 0.369 e. The molecule has 66 valence electrons. The Balaban J connectivity index is 4.49. The highest BCUT2D eigenvalue weighted by atomic mass is 19.4. The first-order chi connectivity index (χ1) is 4.76. The van der Waals surface area contributed by atoms with Crippen LogP contribution < -0.4 is 5.73 Å². The zero-order valence-electron chi connectivity index (χ0n) is 5.03. The monoisotopic (exact) mass is 177 g/mol. The van der Waals surface area contributed by atoms with Gasteiger partial charge in [-0.05, 0) is 0 Å². The molecule has 1 unspecified atom stereocenters. The standard InChI is InChI=1S/C4H4F5NO/c5-2(6)1(3(10)11)4(7,8)9/h1-2H,(H2,10,11). The topological polar surface area (TPSA) is 43.1 Å². The first-order valence-electron chi connectivity index (χ1n) is 2.41. The molecular formula is C4H4F5NO. The first-order valence-corrected chi connectivity index (χ1v) is 2.41. The quantitative estimate of drug-likeness (QED) is 0.626. The van der Waals surface area contributed by atoms with Crippen molar-refractivity contribution in [3.63, 3.8) is 0 Å². The van der Waals surface area contributed by atoms with E-state index < -0.39 is 24.4 Å². The minimum absolute atomic E-state index is 2.06. The lowest BCUT2D eigenvalue weighted by Gasteiger charge is -2.14. The molecule has 1 atom stereocenters. The summed E-state index contributed by atoms with van der Waals surface area (Å²) < 4.78 is 57.2. The van der Waals surface area contributed by atoms with Crippen LogP contribution in [0.25, 0.3) is 0 Å². The molecule has 11 heavy (non-hydrogen) atoms. The predicted octanol–water partition coefficient (Wildman–Crippen LogP) is 0.915. The van der Waals surface area contributed by atoms with Gasteiger partial charge in [0.2, 0.25) is 5.91 Å². The molecule has 1 amide bonds. The van der Waals surface area contributed by atoms with Crippen LogP contribution >= 0.6 is 0 Å². The second-order valence-corrected chi connectivity index (χ2v) is 1.76. The molecule has 0 rings (SSSR count). The van der Waals surface area contributed by atoms with Crippen molar-refractivity contribution in [3.8, 4) is 0 Å². The molecule has 2 nitrogen and oxygen atoms in total. The van der Waals surface area contributed by atoms with Crippen molar-refractivity contribution in [1.29, 1.82) is 0 Å².